The topological polar surface area (TPSA) is 84.0 Å². The molecule has 0 spiro atoms. The highest BCUT2D eigenvalue weighted by molar-refractivity contribution is 5.81. The van der Waals surface area contributed by atoms with Crippen LogP contribution in [0.25, 0.3) is 0 Å². The normalized spacial score (nSPS) is 29.4. The van der Waals surface area contributed by atoms with Gasteiger partial charge in [0.2, 0.25) is 5.91 Å². The molecule has 0 radical (unpaired) electrons. The zero-order valence-corrected chi connectivity index (χ0v) is 16.0. The van der Waals surface area contributed by atoms with Crippen LogP contribution in [0.5, 0.6) is 0 Å². The second kappa shape index (κ2) is 10.1. The molecule has 1 saturated heterocycles. The first-order valence-electron chi connectivity index (χ1n) is 10.2. The SMILES string of the molecule is CN=C(NCCOCC1CCCO1)NC1CCCC(C(=O)NC2CC2)C1. The first-order valence-corrected chi connectivity index (χ1v) is 10.2. The maximum atomic E-state index is 12.3. The van der Waals surface area contributed by atoms with E-state index in [0.29, 0.717) is 31.8 Å². The third kappa shape index (κ3) is 6.43. The minimum absolute atomic E-state index is 0.134. The van der Waals surface area contributed by atoms with E-state index in [1.165, 1.54) is 0 Å². The molecule has 1 heterocycles. The van der Waals surface area contributed by atoms with Crippen molar-refractivity contribution in [3.05, 3.63) is 0 Å². The number of rotatable bonds is 8. The molecule has 3 N–H and O–H groups in total. The third-order valence-corrected chi connectivity index (χ3v) is 5.40. The quantitative estimate of drug-likeness (QED) is 0.341. The number of nitrogens with one attached hydrogen (secondary N) is 3. The van der Waals surface area contributed by atoms with Crippen LogP contribution < -0.4 is 16.0 Å². The summed E-state index contributed by atoms with van der Waals surface area (Å²) in [6.45, 7) is 2.89. The van der Waals surface area contributed by atoms with Crippen LogP contribution in [-0.2, 0) is 14.3 Å². The van der Waals surface area contributed by atoms with Crippen molar-refractivity contribution >= 4 is 11.9 Å². The molecule has 26 heavy (non-hydrogen) atoms. The van der Waals surface area contributed by atoms with Gasteiger partial charge in [0.05, 0.1) is 19.3 Å². The fraction of sp³-hybridized carbons (Fsp3) is 0.895. The number of guanidine groups is 1. The summed E-state index contributed by atoms with van der Waals surface area (Å²) in [5.41, 5.74) is 0. The van der Waals surface area contributed by atoms with E-state index in [-0.39, 0.29) is 17.9 Å². The Kier molecular flexibility index (Phi) is 7.55. The molecule has 3 rings (SSSR count). The molecule has 1 aliphatic heterocycles. The molecule has 0 aromatic carbocycles. The summed E-state index contributed by atoms with van der Waals surface area (Å²) in [5.74, 6) is 1.16. The molecule has 3 aliphatic rings. The highest BCUT2D eigenvalue weighted by Gasteiger charge is 2.31. The van der Waals surface area contributed by atoms with Gasteiger partial charge in [-0.25, -0.2) is 0 Å². The fourth-order valence-electron chi connectivity index (χ4n) is 3.73. The molecule has 2 aliphatic carbocycles. The third-order valence-electron chi connectivity index (χ3n) is 5.40. The highest BCUT2D eigenvalue weighted by Crippen LogP contribution is 2.26. The number of hydrogen-bond acceptors (Lipinski definition) is 4. The maximum Gasteiger partial charge on any atom is 0.223 e. The zero-order valence-electron chi connectivity index (χ0n) is 16.0. The summed E-state index contributed by atoms with van der Waals surface area (Å²) in [6, 6.07) is 0.748. The van der Waals surface area contributed by atoms with Crippen LogP contribution >= 0.6 is 0 Å². The van der Waals surface area contributed by atoms with Crippen LogP contribution in [0.1, 0.15) is 51.4 Å². The van der Waals surface area contributed by atoms with Gasteiger partial charge in [0.1, 0.15) is 0 Å². The largest absolute Gasteiger partial charge is 0.377 e. The zero-order chi connectivity index (χ0) is 18.2. The van der Waals surface area contributed by atoms with Crippen molar-refractivity contribution in [1.82, 2.24) is 16.0 Å². The van der Waals surface area contributed by atoms with Gasteiger partial charge < -0.3 is 25.4 Å². The van der Waals surface area contributed by atoms with Crippen molar-refractivity contribution in [3.8, 4) is 0 Å². The van der Waals surface area contributed by atoms with Gasteiger partial charge in [0, 0.05) is 38.2 Å². The van der Waals surface area contributed by atoms with Crippen molar-refractivity contribution in [1.29, 1.82) is 0 Å². The van der Waals surface area contributed by atoms with Crippen molar-refractivity contribution in [2.75, 3.05) is 33.4 Å². The summed E-state index contributed by atoms with van der Waals surface area (Å²) in [4.78, 5) is 16.6. The summed E-state index contributed by atoms with van der Waals surface area (Å²) in [6.07, 6.45) is 8.86. The molecule has 0 aromatic rings. The summed E-state index contributed by atoms with van der Waals surface area (Å²) in [7, 11) is 1.78. The van der Waals surface area contributed by atoms with E-state index in [1.54, 1.807) is 7.05 Å². The summed E-state index contributed by atoms with van der Waals surface area (Å²) in [5, 5.41) is 9.91. The second-order valence-electron chi connectivity index (χ2n) is 7.70. The molecule has 7 heteroatoms. The van der Waals surface area contributed by atoms with Crippen molar-refractivity contribution in [3.63, 3.8) is 0 Å². The summed E-state index contributed by atoms with van der Waals surface area (Å²) >= 11 is 0. The molecule has 3 unspecified atom stereocenters. The molecule has 0 aromatic heterocycles. The van der Waals surface area contributed by atoms with E-state index in [9.17, 15) is 4.79 Å². The van der Waals surface area contributed by atoms with Gasteiger partial charge in [-0.2, -0.15) is 0 Å². The Balaban J connectivity index is 1.31. The average Bonchev–Trinajstić information content (AvgIpc) is 3.32. The van der Waals surface area contributed by atoms with Crippen LogP contribution in [-0.4, -0.2) is 63.5 Å². The van der Waals surface area contributed by atoms with Gasteiger partial charge in [-0.1, -0.05) is 6.42 Å². The predicted octanol–water partition coefficient (Wildman–Crippen LogP) is 1.18. The lowest BCUT2D eigenvalue weighted by molar-refractivity contribution is -0.126. The maximum absolute atomic E-state index is 12.3. The molecule has 3 atom stereocenters. The van der Waals surface area contributed by atoms with Crippen molar-refractivity contribution in [2.24, 2.45) is 10.9 Å². The number of carbonyl (C=O) groups excluding carboxylic acids is 1. The Bertz CT molecular complexity index is 475. The number of hydrogen-bond donors (Lipinski definition) is 3. The molecule has 148 valence electrons. The number of nitrogens with zero attached hydrogens (tertiary/aromatic N) is 1. The minimum Gasteiger partial charge on any atom is -0.377 e. The fourth-order valence-corrected chi connectivity index (χ4v) is 3.73. The Morgan fingerprint density at radius 3 is 2.73 bits per heavy atom. The molecule has 2 saturated carbocycles. The second-order valence-corrected chi connectivity index (χ2v) is 7.70. The lowest BCUT2D eigenvalue weighted by Gasteiger charge is -2.30. The summed E-state index contributed by atoms with van der Waals surface area (Å²) < 4.78 is 11.2. The molecule has 3 fully saturated rings. The minimum atomic E-state index is 0.134. The number of carbonyl (C=O) groups is 1. The van der Waals surface area contributed by atoms with E-state index in [0.717, 1.165) is 63.9 Å². The molecule has 0 bridgehead atoms. The van der Waals surface area contributed by atoms with Crippen LogP contribution in [0.2, 0.25) is 0 Å². The van der Waals surface area contributed by atoms with E-state index >= 15 is 0 Å². The average molecular weight is 367 g/mol. The van der Waals surface area contributed by atoms with E-state index in [4.69, 9.17) is 9.47 Å². The molecular formula is C19H34N4O3. The Morgan fingerprint density at radius 1 is 1.12 bits per heavy atom. The first-order chi connectivity index (χ1) is 12.7. The van der Waals surface area contributed by atoms with Gasteiger partial charge in [0.15, 0.2) is 5.96 Å². The molecule has 7 nitrogen and oxygen atoms in total. The Hall–Kier alpha value is -1.34. The van der Waals surface area contributed by atoms with Crippen LogP contribution in [0.4, 0.5) is 0 Å². The van der Waals surface area contributed by atoms with Crippen LogP contribution in [0.3, 0.4) is 0 Å². The van der Waals surface area contributed by atoms with Gasteiger partial charge in [-0.05, 0) is 44.9 Å². The monoisotopic (exact) mass is 366 g/mol. The standard InChI is InChI=1S/C19H34N4O3/c1-20-19(21-9-11-25-13-17-6-3-10-26-17)23-16-5-2-4-14(12-16)18(24)22-15-7-8-15/h14-17H,2-13H2,1H3,(H,22,24)(H2,20,21,23). The predicted molar refractivity (Wildman–Crippen MR) is 101 cm³/mol. The van der Waals surface area contributed by atoms with Crippen LogP contribution in [0.15, 0.2) is 4.99 Å². The molecular weight excluding hydrogens is 332 g/mol. The van der Waals surface area contributed by atoms with Gasteiger partial charge in [-0.3, -0.25) is 9.79 Å². The van der Waals surface area contributed by atoms with E-state index in [1.807, 2.05) is 0 Å². The van der Waals surface area contributed by atoms with E-state index in [2.05, 4.69) is 20.9 Å². The Morgan fingerprint density at radius 2 is 2.00 bits per heavy atom. The number of amides is 1. The van der Waals surface area contributed by atoms with E-state index < -0.39 is 0 Å². The number of ether oxygens (including phenoxy) is 2. The van der Waals surface area contributed by atoms with Crippen LogP contribution in [0, 0.1) is 5.92 Å². The molecule has 1 amide bonds. The smallest absolute Gasteiger partial charge is 0.223 e. The van der Waals surface area contributed by atoms with Gasteiger partial charge in [-0.15, -0.1) is 0 Å². The first kappa shape index (κ1) is 19.4. The highest BCUT2D eigenvalue weighted by atomic mass is 16.5. The lowest BCUT2D eigenvalue weighted by atomic mass is 9.85. The van der Waals surface area contributed by atoms with Gasteiger partial charge >= 0.3 is 0 Å². The Labute approximate surface area is 156 Å². The van der Waals surface area contributed by atoms with Gasteiger partial charge in [0.25, 0.3) is 0 Å². The lowest BCUT2D eigenvalue weighted by Crippen LogP contribution is -2.47. The number of aliphatic imine (C=N–C) groups is 1. The van der Waals surface area contributed by atoms with Crippen molar-refractivity contribution in [2.45, 2.75) is 69.6 Å². The van der Waals surface area contributed by atoms with Crippen molar-refractivity contribution < 1.29 is 14.3 Å².